The summed E-state index contributed by atoms with van der Waals surface area (Å²) < 4.78 is 5.07. The number of nitrogens with one attached hydrogen (secondary N) is 1. The number of non-ortho nitro benzene ring substituents is 1. The molecule has 6 heteroatoms. The van der Waals surface area contributed by atoms with Crippen molar-refractivity contribution in [1.29, 1.82) is 0 Å². The Morgan fingerprint density at radius 1 is 1.42 bits per heavy atom. The molecular weight excluding hydrogens is 248 g/mol. The molecule has 0 aromatic heterocycles. The molecule has 1 amide bonds. The number of hydrogen-bond acceptors (Lipinski definition) is 4. The van der Waals surface area contributed by atoms with Gasteiger partial charge in [0.25, 0.3) is 5.69 Å². The minimum absolute atomic E-state index is 0.0790. The Labute approximate surface area is 111 Å². The summed E-state index contributed by atoms with van der Waals surface area (Å²) in [5.74, 6) is 0.252. The lowest BCUT2D eigenvalue weighted by Gasteiger charge is -2.09. The Kier molecular flexibility index (Phi) is 5.78. The summed E-state index contributed by atoms with van der Waals surface area (Å²) >= 11 is 0. The van der Waals surface area contributed by atoms with Crippen LogP contribution in [0.1, 0.15) is 32.6 Å². The fourth-order valence-corrected chi connectivity index (χ4v) is 1.66. The summed E-state index contributed by atoms with van der Waals surface area (Å²) in [6.07, 6.45) is 3.23. The van der Waals surface area contributed by atoms with Crippen molar-refractivity contribution < 1.29 is 14.5 Å². The highest BCUT2D eigenvalue weighted by Crippen LogP contribution is 2.29. The zero-order chi connectivity index (χ0) is 14.3. The standard InChI is InChI=1S/C13H18N2O4/c1-3-4-5-6-13(16)14-11-9-10(15(17)18)7-8-12(11)19-2/h7-9H,3-6H2,1-2H3,(H,14,16). The maximum atomic E-state index is 11.7. The highest BCUT2D eigenvalue weighted by molar-refractivity contribution is 5.92. The number of carbonyl (C=O) groups is 1. The van der Waals surface area contributed by atoms with Crippen LogP contribution in [0.2, 0.25) is 0 Å². The Morgan fingerprint density at radius 2 is 2.16 bits per heavy atom. The molecule has 0 heterocycles. The summed E-state index contributed by atoms with van der Waals surface area (Å²) in [7, 11) is 1.45. The van der Waals surface area contributed by atoms with Crippen molar-refractivity contribution in [1.82, 2.24) is 0 Å². The monoisotopic (exact) mass is 266 g/mol. The quantitative estimate of drug-likeness (QED) is 0.467. The number of hydrogen-bond donors (Lipinski definition) is 1. The van der Waals surface area contributed by atoms with Gasteiger partial charge in [0.1, 0.15) is 5.75 Å². The zero-order valence-corrected chi connectivity index (χ0v) is 11.1. The maximum Gasteiger partial charge on any atom is 0.271 e. The first kappa shape index (κ1) is 14.9. The van der Waals surface area contributed by atoms with E-state index in [0.717, 1.165) is 19.3 Å². The first-order valence-electron chi connectivity index (χ1n) is 6.20. The van der Waals surface area contributed by atoms with E-state index in [2.05, 4.69) is 12.2 Å². The second kappa shape index (κ2) is 7.35. The van der Waals surface area contributed by atoms with E-state index in [0.29, 0.717) is 17.9 Å². The number of ether oxygens (including phenoxy) is 1. The molecular formula is C13H18N2O4. The van der Waals surface area contributed by atoms with Crippen LogP contribution >= 0.6 is 0 Å². The third kappa shape index (κ3) is 4.57. The van der Waals surface area contributed by atoms with Crippen molar-refractivity contribution in [3.8, 4) is 5.75 Å². The number of carbonyl (C=O) groups excluding carboxylic acids is 1. The predicted octanol–water partition coefficient (Wildman–Crippen LogP) is 3.12. The molecule has 104 valence electrons. The number of benzene rings is 1. The molecule has 1 aromatic rings. The van der Waals surface area contributed by atoms with Crippen LogP contribution in [0.4, 0.5) is 11.4 Å². The van der Waals surface area contributed by atoms with Gasteiger partial charge in [-0.1, -0.05) is 19.8 Å². The average molecular weight is 266 g/mol. The van der Waals surface area contributed by atoms with Gasteiger partial charge >= 0.3 is 0 Å². The van der Waals surface area contributed by atoms with E-state index in [-0.39, 0.29) is 11.6 Å². The van der Waals surface area contributed by atoms with Crippen molar-refractivity contribution in [2.75, 3.05) is 12.4 Å². The van der Waals surface area contributed by atoms with Gasteiger partial charge in [-0.3, -0.25) is 14.9 Å². The van der Waals surface area contributed by atoms with Gasteiger partial charge in [0, 0.05) is 18.6 Å². The van der Waals surface area contributed by atoms with Gasteiger partial charge in [0.05, 0.1) is 17.7 Å². The first-order valence-corrected chi connectivity index (χ1v) is 6.20. The lowest BCUT2D eigenvalue weighted by molar-refractivity contribution is -0.384. The van der Waals surface area contributed by atoms with E-state index in [1.54, 1.807) is 0 Å². The third-order valence-corrected chi connectivity index (χ3v) is 2.68. The van der Waals surface area contributed by atoms with Crippen molar-refractivity contribution >= 4 is 17.3 Å². The van der Waals surface area contributed by atoms with Gasteiger partial charge in [-0.25, -0.2) is 0 Å². The molecule has 1 aromatic carbocycles. The van der Waals surface area contributed by atoms with Crippen LogP contribution in [0.25, 0.3) is 0 Å². The second-order valence-electron chi connectivity index (χ2n) is 4.15. The van der Waals surface area contributed by atoms with E-state index in [9.17, 15) is 14.9 Å². The van der Waals surface area contributed by atoms with E-state index in [4.69, 9.17) is 4.74 Å². The second-order valence-corrected chi connectivity index (χ2v) is 4.15. The Balaban J connectivity index is 2.77. The van der Waals surface area contributed by atoms with Gasteiger partial charge in [0.2, 0.25) is 5.91 Å². The Bertz CT molecular complexity index is 460. The highest BCUT2D eigenvalue weighted by atomic mass is 16.6. The van der Waals surface area contributed by atoms with Crippen LogP contribution in [0, 0.1) is 10.1 Å². The highest BCUT2D eigenvalue weighted by Gasteiger charge is 2.13. The van der Waals surface area contributed by atoms with Crippen LogP contribution in [0.15, 0.2) is 18.2 Å². The number of rotatable bonds is 7. The number of unbranched alkanes of at least 4 members (excludes halogenated alkanes) is 2. The topological polar surface area (TPSA) is 81.5 Å². The number of nitro benzene ring substituents is 1. The molecule has 0 spiro atoms. The van der Waals surface area contributed by atoms with Crippen LogP contribution in [-0.2, 0) is 4.79 Å². The van der Waals surface area contributed by atoms with Crippen molar-refractivity contribution in [2.45, 2.75) is 32.6 Å². The fourth-order valence-electron chi connectivity index (χ4n) is 1.66. The third-order valence-electron chi connectivity index (χ3n) is 2.68. The molecule has 1 N–H and O–H groups in total. The minimum atomic E-state index is -0.508. The SMILES string of the molecule is CCCCCC(=O)Nc1cc([N+](=O)[O-])ccc1OC. The number of amides is 1. The summed E-state index contributed by atoms with van der Waals surface area (Å²) in [4.78, 5) is 21.9. The van der Waals surface area contributed by atoms with Gasteiger partial charge in [0.15, 0.2) is 0 Å². The minimum Gasteiger partial charge on any atom is -0.495 e. The molecule has 6 nitrogen and oxygen atoms in total. The molecule has 0 saturated carbocycles. The van der Waals surface area contributed by atoms with Gasteiger partial charge in [-0.2, -0.15) is 0 Å². The molecule has 0 atom stereocenters. The van der Waals surface area contributed by atoms with Crippen molar-refractivity contribution in [3.05, 3.63) is 28.3 Å². The van der Waals surface area contributed by atoms with Crippen LogP contribution < -0.4 is 10.1 Å². The number of methoxy groups -OCH3 is 1. The smallest absolute Gasteiger partial charge is 0.271 e. The van der Waals surface area contributed by atoms with Crippen LogP contribution in [0.3, 0.4) is 0 Å². The molecule has 19 heavy (non-hydrogen) atoms. The molecule has 0 saturated heterocycles. The van der Waals surface area contributed by atoms with Gasteiger partial charge < -0.3 is 10.1 Å². The molecule has 0 aliphatic carbocycles. The largest absolute Gasteiger partial charge is 0.495 e. The average Bonchev–Trinajstić information content (AvgIpc) is 2.38. The zero-order valence-electron chi connectivity index (χ0n) is 11.1. The summed E-state index contributed by atoms with van der Waals surface area (Å²) in [5.41, 5.74) is 0.253. The van der Waals surface area contributed by atoms with E-state index in [1.807, 2.05) is 0 Å². The van der Waals surface area contributed by atoms with Gasteiger partial charge in [-0.05, 0) is 12.5 Å². The predicted molar refractivity (Wildman–Crippen MR) is 72.4 cm³/mol. The molecule has 0 aliphatic heterocycles. The number of nitro groups is 1. The molecule has 0 radical (unpaired) electrons. The summed E-state index contributed by atoms with van der Waals surface area (Å²) in [6, 6.07) is 4.11. The van der Waals surface area contributed by atoms with Crippen molar-refractivity contribution in [3.63, 3.8) is 0 Å². The lowest BCUT2D eigenvalue weighted by Crippen LogP contribution is -2.12. The van der Waals surface area contributed by atoms with Gasteiger partial charge in [-0.15, -0.1) is 0 Å². The van der Waals surface area contributed by atoms with Crippen molar-refractivity contribution in [2.24, 2.45) is 0 Å². The Morgan fingerprint density at radius 3 is 2.74 bits per heavy atom. The molecule has 1 rings (SSSR count). The normalized spacial score (nSPS) is 10.0. The van der Waals surface area contributed by atoms with Crippen LogP contribution in [0.5, 0.6) is 5.75 Å². The maximum absolute atomic E-state index is 11.7. The number of nitrogens with zero attached hydrogens (tertiary/aromatic N) is 1. The van der Waals surface area contributed by atoms with E-state index >= 15 is 0 Å². The fraction of sp³-hybridized carbons (Fsp3) is 0.462. The summed E-state index contributed by atoms with van der Waals surface area (Å²) in [5, 5.41) is 13.3. The Hall–Kier alpha value is -2.11. The van der Waals surface area contributed by atoms with E-state index in [1.165, 1.54) is 25.3 Å². The van der Waals surface area contributed by atoms with Crippen LogP contribution in [-0.4, -0.2) is 17.9 Å². The summed E-state index contributed by atoms with van der Waals surface area (Å²) in [6.45, 7) is 2.06. The lowest BCUT2D eigenvalue weighted by atomic mass is 10.2. The first-order chi connectivity index (χ1) is 9.08. The molecule has 0 bridgehead atoms. The number of anilines is 1. The molecule has 0 unspecified atom stereocenters. The molecule has 0 fully saturated rings. The van der Waals surface area contributed by atoms with E-state index < -0.39 is 4.92 Å². The molecule has 0 aliphatic rings.